The number of nitrogens with two attached hydrogens (primary N) is 1. The second kappa shape index (κ2) is 2.91. The molecule has 2 rings (SSSR count). The van der Waals surface area contributed by atoms with Gasteiger partial charge in [-0.3, -0.25) is 0 Å². The van der Waals surface area contributed by atoms with Crippen LogP contribution in [0.1, 0.15) is 30.5 Å². The van der Waals surface area contributed by atoms with E-state index in [0.29, 0.717) is 5.92 Å². The lowest BCUT2D eigenvalue weighted by molar-refractivity contribution is 0.412. The molecular formula is C11H15N. The Hall–Kier alpha value is -0.820. The molecule has 0 aliphatic heterocycles. The highest BCUT2D eigenvalue weighted by Gasteiger charge is 2.22. The first-order chi connectivity index (χ1) is 5.79. The van der Waals surface area contributed by atoms with Gasteiger partial charge in [0.25, 0.3) is 0 Å². The third-order valence-electron chi connectivity index (χ3n) is 2.90. The van der Waals surface area contributed by atoms with E-state index in [1.807, 2.05) is 0 Å². The van der Waals surface area contributed by atoms with Crippen molar-refractivity contribution in [1.82, 2.24) is 0 Å². The molecule has 0 amide bonds. The summed E-state index contributed by atoms with van der Waals surface area (Å²) in [7, 11) is 0. The zero-order valence-electron chi connectivity index (χ0n) is 7.46. The van der Waals surface area contributed by atoms with Gasteiger partial charge in [0.1, 0.15) is 0 Å². The molecule has 1 aromatic rings. The van der Waals surface area contributed by atoms with Crippen LogP contribution < -0.4 is 5.73 Å². The minimum absolute atomic E-state index is 0.259. The van der Waals surface area contributed by atoms with E-state index >= 15 is 0 Å². The van der Waals surface area contributed by atoms with Gasteiger partial charge in [-0.15, -0.1) is 0 Å². The zero-order chi connectivity index (χ0) is 8.55. The van der Waals surface area contributed by atoms with Crippen molar-refractivity contribution in [3.8, 4) is 0 Å². The first kappa shape index (κ1) is 7.81. The number of rotatable bonds is 0. The van der Waals surface area contributed by atoms with Gasteiger partial charge in [0.05, 0.1) is 0 Å². The molecule has 64 valence electrons. The van der Waals surface area contributed by atoms with Gasteiger partial charge < -0.3 is 5.73 Å². The fourth-order valence-corrected chi connectivity index (χ4v) is 1.96. The number of fused-ring (bicyclic) bond motifs is 1. The minimum atomic E-state index is 0.259. The van der Waals surface area contributed by atoms with Crippen LogP contribution in [0.2, 0.25) is 0 Å². The summed E-state index contributed by atoms with van der Waals surface area (Å²) in [5.74, 6) is 0.639. The topological polar surface area (TPSA) is 26.0 Å². The highest BCUT2D eigenvalue weighted by atomic mass is 14.7. The van der Waals surface area contributed by atoms with Gasteiger partial charge in [-0.05, 0) is 29.9 Å². The van der Waals surface area contributed by atoms with Gasteiger partial charge in [-0.25, -0.2) is 0 Å². The SMILES string of the molecule is C[C@@H]1CCc2ccccc2[C@@H]1N. The predicted octanol–water partition coefficient (Wildman–Crippen LogP) is 2.27. The Labute approximate surface area is 73.6 Å². The average molecular weight is 161 g/mol. The van der Waals surface area contributed by atoms with Crippen molar-refractivity contribution in [1.29, 1.82) is 0 Å². The van der Waals surface area contributed by atoms with E-state index in [4.69, 9.17) is 5.73 Å². The van der Waals surface area contributed by atoms with Crippen LogP contribution >= 0.6 is 0 Å². The lowest BCUT2D eigenvalue weighted by atomic mass is 9.81. The monoisotopic (exact) mass is 161 g/mol. The summed E-state index contributed by atoms with van der Waals surface area (Å²) in [6, 6.07) is 8.80. The standard InChI is InChI=1S/C11H15N/c1-8-6-7-9-4-2-3-5-10(9)11(8)12/h2-5,8,11H,6-7,12H2,1H3/t8-,11-/m1/s1. The second-order valence-corrected chi connectivity index (χ2v) is 3.74. The Morgan fingerprint density at radius 3 is 2.92 bits per heavy atom. The molecule has 1 aromatic carbocycles. The summed E-state index contributed by atoms with van der Waals surface area (Å²) in [5, 5.41) is 0. The third-order valence-corrected chi connectivity index (χ3v) is 2.90. The molecule has 0 aromatic heterocycles. The van der Waals surface area contributed by atoms with Crippen molar-refractivity contribution in [2.24, 2.45) is 11.7 Å². The van der Waals surface area contributed by atoms with E-state index < -0.39 is 0 Å². The summed E-state index contributed by atoms with van der Waals surface area (Å²) >= 11 is 0. The molecule has 1 aliphatic rings. The molecule has 1 heteroatoms. The van der Waals surface area contributed by atoms with E-state index in [0.717, 1.165) is 0 Å². The summed E-state index contributed by atoms with van der Waals surface area (Å²) < 4.78 is 0. The molecule has 0 saturated carbocycles. The van der Waals surface area contributed by atoms with Crippen LogP contribution in [0.25, 0.3) is 0 Å². The minimum Gasteiger partial charge on any atom is -0.324 e. The van der Waals surface area contributed by atoms with E-state index in [2.05, 4.69) is 31.2 Å². The van der Waals surface area contributed by atoms with Crippen molar-refractivity contribution in [3.63, 3.8) is 0 Å². The van der Waals surface area contributed by atoms with Gasteiger partial charge in [0, 0.05) is 6.04 Å². The Morgan fingerprint density at radius 2 is 2.08 bits per heavy atom. The summed E-state index contributed by atoms with van der Waals surface area (Å²) in [6.45, 7) is 2.24. The molecule has 0 spiro atoms. The Kier molecular flexibility index (Phi) is 1.89. The van der Waals surface area contributed by atoms with Gasteiger partial charge in [0.15, 0.2) is 0 Å². The van der Waals surface area contributed by atoms with Gasteiger partial charge >= 0.3 is 0 Å². The molecule has 0 radical (unpaired) electrons. The van der Waals surface area contributed by atoms with Gasteiger partial charge in [0.2, 0.25) is 0 Å². The number of aryl methyl sites for hydroxylation is 1. The number of hydrogen-bond acceptors (Lipinski definition) is 1. The molecule has 0 heterocycles. The van der Waals surface area contributed by atoms with Crippen molar-refractivity contribution >= 4 is 0 Å². The second-order valence-electron chi connectivity index (χ2n) is 3.74. The molecule has 0 bridgehead atoms. The van der Waals surface area contributed by atoms with Crippen LogP contribution in [0, 0.1) is 5.92 Å². The molecular weight excluding hydrogens is 146 g/mol. The Morgan fingerprint density at radius 1 is 1.33 bits per heavy atom. The fraction of sp³-hybridized carbons (Fsp3) is 0.455. The van der Waals surface area contributed by atoms with Crippen molar-refractivity contribution in [3.05, 3.63) is 35.4 Å². The first-order valence-electron chi connectivity index (χ1n) is 4.62. The Balaban J connectivity index is 2.42. The number of hydrogen-bond donors (Lipinski definition) is 1. The van der Waals surface area contributed by atoms with Crippen LogP contribution in [0.4, 0.5) is 0 Å². The van der Waals surface area contributed by atoms with Gasteiger partial charge in [-0.1, -0.05) is 31.2 Å². The molecule has 12 heavy (non-hydrogen) atoms. The normalized spacial score (nSPS) is 28.2. The summed E-state index contributed by atoms with van der Waals surface area (Å²) in [4.78, 5) is 0. The van der Waals surface area contributed by atoms with E-state index in [-0.39, 0.29) is 6.04 Å². The van der Waals surface area contributed by atoms with Crippen LogP contribution in [0.15, 0.2) is 24.3 Å². The van der Waals surface area contributed by atoms with Crippen LogP contribution in [-0.2, 0) is 6.42 Å². The van der Waals surface area contributed by atoms with Crippen LogP contribution in [-0.4, -0.2) is 0 Å². The maximum atomic E-state index is 6.09. The third kappa shape index (κ3) is 1.14. The molecule has 1 aliphatic carbocycles. The van der Waals surface area contributed by atoms with Crippen LogP contribution in [0.3, 0.4) is 0 Å². The number of benzene rings is 1. The lowest BCUT2D eigenvalue weighted by Crippen LogP contribution is -2.25. The maximum absolute atomic E-state index is 6.09. The molecule has 2 atom stereocenters. The van der Waals surface area contributed by atoms with Crippen molar-refractivity contribution in [2.75, 3.05) is 0 Å². The highest BCUT2D eigenvalue weighted by molar-refractivity contribution is 5.32. The van der Waals surface area contributed by atoms with Crippen molar-refractivity contribution in [2.45, 2.75) is 25.8 Å². The first-order valence-corrected chi connectivity index (χ1v) is 4.62. The van der Waals surface area contributed by atoms with Crippen molar-refractivity contribution < 1.29 is 0 Å². The lowest BCUT2D eigenvalue weighted by Gasteiger charge is -2.28. The predicted molar refractivity (Wildman–Crippen MR) is 50.9 cm³/mol. The van der Waals surface area contributed by atoms with E-state index in [1.54, 1.807) is 0 Å². The fourth-order valence-electron chi connectivity index (χ4n) is 1.96. The van der Waals surface area contributed by atoms with E-state index in [9.17, 15) is 0 Å². The largest absolute Gasteiger partial charge is 0.324 e. The summed E-state index contributed by atoms with van der Waals surface area (Å²) in [6.07, 6.45) is 2.43. The highest BCUT2D eigenvalue weighted by Crippen LogP contribution is 2.31. The molecule has 1 nitrogen and oxygen atoms in total. The van der Waals surface area contributed by atoms with Gasteiger partial charge in [-0.2, -0.15) is 0 Å². The molecule has 0 fully saturated rings. The molecule has 0 saturated heterocycles. The molecule has 0 unspecified atom stereocenters. The quantitative estimate of drug-likeness (QED) is 0.620. The maximum Gasteiger partial charge on any atom is 0.0323 e. The smallest absolute Gasteiger partial charge is 0.0323 e. The van der Waals surface area contributed by atoms with Crippen LogP contribution in [0.5, 0.6) is 0 Å². The molecule has 2 N–H and O–H groups in total. The van der Waals surface area contributed by atoms with E-state index in [1.165, 1.54) is 24.0 Å². The average Bonchev–Trinajstić information content (AvgIpc) is 2.12. The zero-order valence-corrected chi connectivity index (χ0v) is 7.46. The Bertz CT molecular complexity index is 280. The summed E-state index contributed by atoms with van der Waals surface area (Å²) in [5.41, 5.74) is 8.89.